The molecule has 2 fully saturated rings. The number of thiophene rings is 1. The number of benzene rings is 1. The summed E-state index contributed by atoms with van der Waals surface area (Å²) in [6.07, 6.45) is 5.35. The van der Waals surface area contributed by atoms with Gasteiger partial charge in [0.25, 0.3) is 0 Å². The molecule has 0 unspecified atom stereocenters. The van der Waals surface area contributed by atoms with Crippen LogP contribution in [0.1, 0.15) is 43.4 Å². The lowest BCUT2D eigenvalue weighted by Gasteiger charge is -2.35. The van der Waals surface area contributed by atoms with E-state index in [2.05, 4.69) is 22.8 Å². The predicted molar refractivity (Wildman–Crippen MR) is 122 cm³/mol. The van der Waals surface area contributed by atoms with Crippen molar-refractivity contribution in [1.29, 1.82) is 0 Å². The summed E-state index contributed by atoms with van der Waals surface area (Å²) in [5, 5.41) is 15.3. The van der Waals surface area contributed by atoms with E-state index >= 15 is 0 Å². The Kier molecular flexibility index (Phi) is 6.77. The molecule has 2 aliphatic heterocycles. The molecule has 4 N–H and O–H groups in total. The van der Waals surface area contributed by atoms with Gasteiger partial charge in [-0.3, -0.25) is 14.8 Å². The summed E-state index contributed by atoms with van der Waals surface area (Å²) in [5.41, 5.74) is 3.64. The van der Waals surface area contributed by atoms with Crippen LogP contribution in [-0.2, 0) is 14.3 Å². The van der Waals surface area contributed by atoms with Gasteiger partial charge in [0.15, 0.2) is 0 Å². The van der Waals surface area contributed by atoms with Gasteiger partial charge in [-0.2, -0.15) is 0 Å². The molecular weight excluding hydrogens is 418 g/mol. The van der Waals surface area contributed by atoms with E-state index in [0.29, 0.717) is 0 Å². The van der Waals surface area contributed by atoms with Crippen LogP contribution in [0.2, 0.25) is 0 Å². The van der Waals surface area contributed by atoms with Crippen LogP contribution in [0.5, 0.6) is 0 Å². The maximum absolute atomic E-state index is 12.4. The van der Waals surface area contributed by atoms with Gasteiger partial charge in [-0.1, -0.05) is 18.6 Å². The summed E-state index contributed by atoms with van der Waals surface area (Å²) >= 11 is 3.51. The van der Waals surface area contributed by atoms with Gasteiger partial charge in [-0.05, 0) is 67.8 Å². The Hall–Kier alpha value is -1.87. The second kappa shape index (κ2) is 9.51. The molecular formula is C22H27N3O3S2. The van der Waals surface area contributed by atoms with Crippen LogP contribution in [0.25, 0.3) is 10.4 Å². The molecule has 0 bridgehead atoms. The van der Waals surface area contributed by atoms with Crippen molar-refractivity contribution in [2.75, 3.05) is 17.6 Å². The van der Waals surface area contributed by atoms with Crippen LogP contribution in [0.3, 0.4) is 0 Å². The predicted octanol–water partition coefficient (Wildman–Crippen LogP) is 4.11. The first-order chi connectivity index (χ1) is 14.6. The number of anilines is 1. The Morgan fingerprint density at radius 1 is 1.20 bits per heavy atom. The molecule has 0 aliphatic carbocycles. The SMILES string of the molecule is O=C(C[C@]1(c2ccc(-c3cccc(NC(=O)[C@@H]4CCCN4)c3)s2)CCCCS1)NO. The molecule has 8 heteroatoms. The van der Waals surface area contributed by atoms with Crippen LogP contribution in [-0.4, -0.2) is 35.4 Å². The van der Waals surface area contributed by atoms with Crippen molar-refractivity contribution in [2.24, 2.45) is 0 Å². The van der Waals surface area contributed by atoms with Gasteiger partial charge in [0.2, 0.25) is 11.8 Å². The van der Waals surface area contributed by atoms with Crippen molar-refractivity contribution in [3.05, 3.63) is 41.3 Å². The summed E-state index contributed by atoms with van der Waals surface area (Å²) in [7, 11) is 0. The first-order valence-electron chi connectivity index (χ1n) is 10.4. The fourth-order valence-electron chi connectivity index (χ4n) is 4.20. The lowest BCUT2D eigenvalue weighted by Crippen LogP contribution is -2.35. The summed E-state index contributed by atoms with van der Waals surface area (Å²) in [6.45, 7) is 0.893. The summed E-state index contributed by atoms with van der Waals surface area (Å²) in [5.74, 6) is 0.691. The number of thioether (sulfide) groups is 1. The lowest BCUT2D eigenvalue weighted by molar-refractivity contribution is -0.129. The van der Waals surface area contributed by atoms with E-state index in [1.807, 2.05) is 36.0 Å². The maximum atomic E-state index is 12.4. The van der Waals surface area contributed by atoms with Crippen molar-refractivity contribution in [3.8, 4) is 10.4 Å². The third-order valence-electron chi connectivity index (χ3n) is 5.77. The largest absolute Gasteiger partial charge is 0.325 e. The molecule has 4 rings (SSSR count). The van der Waals surface area contributed by atoms with E-state index in [1.165, 1.54) is 0 Å². The molecule has 0 spiro atoms. The summed E-state index contributed by atoms with van der Waals surface area (Å²) in [6, 6.07) is 12.0. The number of hydrogen-bond donors (Lipinski definition) is 4. The van der Waals surface area contributed by atoms with Gasteiger partial charge in [-0.15, -0.1) is 23.1 Å². The number of hydrogen-bond acceptors (Lipinski definition) is 6. The first-order valence-corrected chi connectivity index (χ1v) is 12.2. The zero-order valence-electron chi connectivity index (χ0n) is 16.8. The monoisotopic (exact) mass is 445 g/mol. The first kappa shape index (κ1) is 21.4. The highest BCUT2D eigenvalue weighted by atomic mass is 32.2. The van der Waals surface area contributed by atoms with E-state index < -0.39 is 0 Å². The minimum atomic E-state index is -0.343. The number of nitrogens with one attached hydrogen (secondary N) is 3. The molecule has 1 aromatic carbocycles. The van der Waals surface area contributed by atoms with Gasteiger partial charge >= 0.3 is 0 Å². The van der Waals surface area contributed by atoms with Crippen LogP contribution < -0.4 is 16.1 Å². The molecule has 2 atom stereocenters. The van der Waals surface area contributed by atoms with Crippen LogP contribution in [0, 0.1) is 0 Å². The normalized spacial score (nSPS) is 23.8. The quantitative estimate of drug-likeness (QED) is 0.397. The molecule has 30 heavy (non-hydrogen) atoms. The summed E-state index contributed by atoms with van der Waals surface area (Å²) in [4.78, 5) is 26.7. The Morgan fingerprint density at radius 3 is 2.83 bits per heavy atom. The van der Waals surface area contributed by atoms with E-state index in [4.69, 9.17) is 5.21 Å². The Balaban J connectivity index is 1.54. The fraction of sp³-hybridized carbons (Fsp3) is 0.455. The topological polar surface area (TPSA) is 90.5 Å². The molecule has 3 heterocycles. The highest BCUT2D eigenvalue weighted by Gasteiger charge is 2.38. The molecule has 2 aliphatic rings. The average Bonchev–Trinajstić information content (AvgIpc) is 3.47. The molecule has 1 aromatic heterocycles. The molecule has 2 saturated heterocycles. The van der Waals surface area contributed by atoms with Crippen LogP contribution >= 0.6 is 23.1 Å². The van der Waals surface area contributed by atoms with E-state index in [1.54, 1.807) is 16.8 Å². The fourth-order valence-corrected chi connectivity index (χ4v) is 7.09. The Morgan fingerprint density at radius 2 is 2.10 bits per heavy atom. The lowest BCUT2D eigenvalue weighted by atomic mass is 9.94. The van der Waals surface area contributed by atoms with E-state index in [9.17, 15) is 9.59 Å². The maximum Gasteiger partial charge on any atom is 0.245 e. The average molecular weight is 446 g/mol. The standard InChI is InChI=1S/C22H27N3O3S2/c26-20(25-28)14-22(10-1-2-12-29-22)19-9-8-18(30-19)15-5-3-6-16(13-15)24-21(27)17-7-4-11-23-17/h3,5-6,8-9,13,17,23,28H,1-2,4,7,10-12,14H2,(H,24,27)(H,25,26)/t17-,22-/m0/s1. The van der Waals surface area contributed by atoms with Crippen LogP contribution in [0.4, 0.5) is 5.69 Å². The van der Waals surface area contributed by atoms with Gasteiger partial charge in [0.05, 0.1) is 10.8 Å². The summed E-state index contributed by atoms with van der Waals surface area (Å²) < 4.78 is -0.284. The number of rotatable bonds is 6. The smallest absolute Gasteiger partial charge is 0.245 e. The second-order valence-electron chi connectivity index (χ2n) is 7.89. The van der Waals surface area contributed by atoms with Crippen molar-refractivity contribution in [1.82, 2.24) is 10.8 Å². The van der Waals surface area contributed by atoms with Gasteiger partial charge < -0.3 is 10.6 Å². The zero-order valence-corrected chi connectivity index (χ0v) is 18.4. The zero-order chi connectivity index (χ0) is 21.0. The molecule has 160 valence electrons. The number of hydroxylamine groups is 1. The second-order valence-corrected chi connectivity index (χ2v) is 10.5. The Bertz CT molecular complexity index is 903. The molecule has 0 saturated carbocycles. The van der Waals surface area contributed by atoms with E-state index in [-0.39, 0.29) is 29.0 Å². The molecule has 0 radical (unpaired) electrons. The van der Waals surface area contributed by atoms with E-state index in [0.717, 1.165) is 65.4 Å². The number of carbonyl (C=O) groups is 2. The van der Waals surface area contributed by atoms with Gasteiger partial charge in [0, 0.05) is 21.9 Å². The highest BCUT2D eigenvalue weighted by molar-refractivity contribution is 8.00. The van der Waals surface area contributed by atoms with Crippen molar-refractivity contribution in [2.45, 2.75) is 49.3 Å². The van der Waals surface area contributed by atoms with Crippen molar-refractivity contribution >= 4 is 40.6 Å². The number of carbonyl (C=O) groups excluding carboxylic acids is 2. The highest BCUT2D eigenvalue weighted by Crippen LogP contribution is 2.50. The minimum Gasteiger partial charge on any atom is -0.325 e. The van der Waals surface area contributed by atoms with Crippen molar-refractivity contribution in [3.63, 3.8) is 0 Å². The molecule has 6 nitrogen and oxygen atoms in total. The van der Waals surface area contributed by atoms with Crippen molar-refractivity contribution < 1.29 is 14.8 Å². The molecule has 2 aromatic rings. The number of amides is 2. The minimum absolute atomic E-state index is 0.0177. The van der Waals surface area contributed by atoms with Gasteiger partial charge in [-0.25, -0.2) is 5.48 Å². The van der Waals surface area contributed by atoms with Gasteiger partial charge in [0.1, 0.15) is 0 Å². The molecule has 2 amide bonds. The third kappa shape index (κ3) is 4.72. The third-order valence-corrected chi connectivity index (χ3v) is 8.85. The van der Waals surface area contributed by atoms with Crippen LogP contribution in [0.15, 0.2) is 36.4 Å². The Labute approximate surface area is 184 Å².